The van der Waals surface area contributed by atoms with Crippen LogP contribution in [0.1, 0.15) is 24.9 Å². The van der Waals surface area contributed by atoms with Crippen molar-refractivity contribution < 1.29 is 0 Å². The molecule has 1 aromatic carbocycles. The predicted molar refractivity (Wildman–Crippen MR) is 85.8 cm³/mol. The fourth-order valence-electron chi connectivity index (χ4n) is 2.50. The lowest BCUT2D eigenvalue weighted by molar-refractivity contribution is 0.172. The van der Waals surface area contributed by atoms with Crippen molar-refractivity contribution in [3.8, 4) is 0 Å². The second kappa shape index (κ2) is 6.68. The average molecular weight is 356 g/mol. The Kier molecular flexibility index (Phi) is 5.21. The van der Waals surface area contributed by atoms with Crippen molar-refractivity contribution in [3.05, 3.63) is 45.6 Å². The molecule has 18 heavy (non-hydrogen) atoms. The zero-order valence-electron chi connectivity index (χ0n) is 11.0. The van der Waals surface area contributed by atoms with Crippen molar-refractivity contribution >= 4 is 22.6 Å². The molecule has 2 rings (SSSR count). The molecule has 1 fully saturated rings. The largest absolute Gasteiger partial charge is 0.314 e. The van der Waals surface area contributed by atoms with Gasteiger partial charge in [0.2, 0.25) is 0 Å². The van der Waals surface area contributed by atoms with Crippen LogP contribution < -0.4 is 5.32 Å². The van der Waals surface area contributed by atoms with Gasteiger partial charge in [0.15, 0.2) is 0 Å². The van der Waals surface area contributed by atoms with E-state index in [1.807, 2.05) is 0 Å². The number of piperazine rings is 1. The van der Waals surface area contributed by atoms with Gasteiger partial charge in [0.05, 0.1) is 0 Å². The van der Waals surface area contributed by atoms with Gasteiger partial charge in [-0.3, -0.25) is 4.90 Å². The number of nitrogens with one attached hydrogen (secondary N) is 1. The minimum absolute atomic E-state index is 0.485. The minimum Gasteiger partial charge on any atom is -0.314 e. The second-order valence-electron chi connectivity index (χ2n) is 5.02. The number of rotatable bonds is 4. The molecule has 1 saturated heterocycles. The van der Waals surface area contributed by atoms with E-state index in [-0.39, 0.29) is 0 Å². The van der Waals surface area contributed by atoms with E-state index in [2.05, 4.69) is 70.6 Å². The van der Waals surface area contributed by atoms with Crippen molar-refractivity contribution in [2.24, 2.45) is 0 Å². The molecule has 0 spiro atoms. The summed E-state index contributed by atoms with van der Waals surface area (Å²) in [5.74, 6) is 0. The molecule has 1 aliphatic rings. The van der Waals surface area contributed by atoms with Crippen LogP contribution in [0, 0.1) is 3.57 Å². The fourth-order valence-corrected chi connectivity index (χ4v) is 3.06. The summed E-state index contributed by atoms with van der Waals surface area (Å²) in [6.07, 6.45) is 1.06. The Morgan fingerprint density at radius 3 is 2.78 bits per heavy atom. The first kappa shape index (κ1) is 14.0. The number of hydrogen-bond acceptors (Lipinski definition) is 2. The van der Waals surface area contributed by atoms with Crippen molar-refractivity contribution in [2.45, 2.75) is 19.4 Å². The van der Waals surface area contributed by atoms with Crippen LogP contribution in [-0.4, -0.2) is 31.1 Å². The Hall–Kier alpha value is -0.390. The van der Waals surface area contributed by atoms with E-state index in [9.17, 15) is 0 Å². The van der Waals surface area contributed by atoms with Gasteiger partial charge in [0.25, 0.3) is 0 Å². The summed E-state index contributed by atoms with van der Waals surface area (Å²) in [7, 11) is 0. The molecule has 0 unspecified atom stereocenters. The third kappa shape index (κ3) is 3.80. The normalized spacial score (nSPS) is 18.6. The van der Waals surface area contributed by atoms with E-state index in [4.69, 9.17) is 0 Å². The molecule has 1 atom stereocenters. The monoisotopic (exact) mass is 356 g/mol. The Labute approximate surface area is 124 Å². The maximum Gasteiger partial charge on any atom is 0.0386 e. The van der Waals surface area contributed by atoms with Crippen molar-refractivity contribution in [1.29, 1.82) is 0 Å². The first-order chi connectivity index (χ1) is 8.66. The third-order valence-corrected chi connectivity index (χ3v) is 4.04. The van der Waals surface area contributed by atoms with Crippen LogP contribution in [0.15, 0.2) is 36.4 Å². The molecule has 1 aromatic rings. The fraction of sp³-hybridized carbons (Fsp3) is 0.467. The zero-order valence-corrected chi connectivity index (χ0v) is 13.1. The summed E-state index contributed by atoms with van der Waals surface area (Å²) in [5.41, 5.74) is 2.68. The summed E-state index contributed by atoms with van der Waals surface area (Å²) in [6.45, 7) is 10.7. The Bertz CT molecular complexity index is 411. The molecule has 0 amide bonds. The first-order valence-electron chi connectivity index (χ1n) is 6.51. The molecular weight excluding hydrogens is 335 g/mol. The van der Waals surface area contributed by atoms with Gasteiger partial charge in [-0.15, -0.1) is 6.58 Å². The highest BCUT2D eigenvalue weighted by atomic mass is 127. The molecule has 0 aromatic heterocycles. The standard InChI is InChI=1S/C15H21IN2/c1-12(2)10-15(18-8-6-17-7-9-18)13-4-3-5-14(16)11-13/h3-5,11,15,17H,1,6-10H2,2H3/t15-/m0/s1. The van der Waals surface area contributed by atoms with Crippen LogP contribution in [-0.2, 0) is 0 Å². The summed E-state index contributed by atoms with van der Waals surface area (Å²) in [4.78, 5) is 2.58. The smallest absolute Gasteiger partial charge is 0.0386 e. The highest BCUT2D eigenvalue weighted by Crippen LogP contribution is 2.28. The van der Waals surface area contributed by atoms with E-state index in [1.165, 1.54) is 14.7 Å². The number of halogens is 1. The Morgan fingerprint density at radius 2 is 2.17 bits per heavy atom. The maximum absolute atomic E-state index is 4.09. The quantitative estimate of drug-likeness (QED) is 0.659. The third-order valence-electron chi connectivity index (χ3n) is 3.37. The van der Waals surface area contributed by atoms with Crippen LogP contribution in [0.5, 0.6) is 0 Å². The average Bonchev–Trinajstić information content (AvgIpc) is 2.37. The molecule has 0 saturated carbocycles. The van der Waals surface area contributed by atoms with Crippen LogP contribution in [0.2, 0.25) is 0 Å². The summed E-state index contributed by atoms with van der Waals surface area (Å²) in [5, 5.41) is 3.42. The number of nitrogens with zero attached hydrogens (tertiary/aromatic N) is 1. The van der Waals surface area contributed by atoms with Gasteiger partial charge < -0.3 is 5.32 Å². The van der Waals surface area contributed by atoms with Crippen LogP contribution in [0.3, 0.4) is 0 Å². The zero-order chi connectivity index (χ0) is 13.0. The van der Waals surface area contributed by atoms with Gasteiger partial charge in [0.1, 0.15) is 0 Å². The summed E-state index contributed by atoms with van der Waals surface area (Å²) in [6, 6.07) is 9.34. The van der Waals surface area contributed by atoms with Gasteiger partial charge in [-0.05, 0) is 53.6 Å². The molecule has 0 bridgehead atoms. The van der Waals surface area contributed by atoms with Gasteiger partial charge in [0, 0.05) is 35.8 Å². The van der Waals surface area contributed by atoms with E-state index < -0.39 is 0 Å². The van der Waals surface area contributed by atoms with Crippen molar-refractivity contribution in [2.75, 3.05) is 26.2 Å². The molecule has 2 nitrogen and oxygen atoms in total. The van der Waals surface area contributed by atoms with Crippen molar-refractivity contribution in [3.63, 3.8) is 0 Å². The SMILES string of the molecule is C=C(C)C[C@@H](c1cccc(I)c1)N1CCNCC1. The number of benzene rings is 1. The molecule has 0 radical (unpaired) electrons. The Morgan fingerprint density at radius 1 is 1.44 bits per heavy atom. The predicted octanol–water partition coefficient (Wildman–Crippen LogP) is 3.20. The topological polar surface area (TPSA) is 15.3 Å². The number of hydrogen-bond donors (Lipinski definition) is 1. The van der Waals surface area contributed by atoms with Gasteiger partial charge in [-0.25, -0.2) is 0 Å². The summed E-state index contributed by atoms with van der Waals surface area (Å²) >= 11 is 2.39. The minimum atomic E-state index is 0.485. The highest BCUT2D eigenvalue weighted by Gasteiger charge is 2.22. The first-order valence-corrected chi connectivity index (χ1v) is 7.59. The van der Waals surface area contributed by atoms with Crippen molar-refractivity contribution in [1.82, 2.24) is 10.2 Å². The van der Waals surface area contributed by atoms with E-state index in [1.54, 1.807) is 0 Å². The lowest BCUT2D eigenvalue weighted by Gasteiger charge is -2.35. The highest BCUT2D eigenvalue weighted by molar-refractivity contribution is 14.1. The maximum atomic E-state index is 4.09. The molecule has 1 heterocycles. The van der Waals surface area contributed by atoms with Crippen LogP contribution in [0.25, 0.3) is 0 Å². The molecule has 3 heteroatoms. The van der Waals surface area contributed by atoms with Gasteiger partial charge >= 0.3 is 0 Å². The van der Waals surface area contributed by atoms with Crippen LogP contribution in [0.4, 0.5) is 0 Å². The van der Waals surface area contributed by atoms with Gasteiger partial charge in [-0.1, -0.05) is 17.7 Å². The van der Waals surface area contributed by atoms with E-state index >= 15 is 0 Å². The van der Waals surface area contributed by atoms with Gasteiger partial charge in [-0.2, -0.15) is 0 Å². The molecule has 0 aliphatic carbocycles. The van der Waals surface area contributed by atoms with E-state index in [0.29, 0.717) is 6.04 Å². The Balaban J connectivity index is 2.20. The lowest BCUT2D eigenvalue weighted by atomic mass is 9.98. The molecular formula is C15H21IN2. The van der Waals surface area contributed by atoms with Crippen LogP contribution >= 0.6 is 22.6 Å². The molecule has 1 N–H and O–H groups in total. The lowest BCUT2D eigenvalue weighted by Crippen LogP contribution is -2.45. The van der Waals surface area contributed by atoms with E-state index in [0.717, 1.165) is 32.6 Å². The summed E-state index contributed by atoms with van der Waals surface area (Å²) < 4.78 is 1.31. The molecule has 1 aliphatic heterocycles. The molecule has 98 valence electrons. The second-order valence-corrected chi connectivity index (χ2v) is 6.26.